The molecule has 0 unspecified atom stereocenters. The van der Waals surface area contributed by atoms with Gasteiger partial charge in [-0.1, -0.05) is 40.8 Å². The molecule has 21 heavy (non-hydrogen) atoms. The predicted octanol–water partition coefficient (Wildman–Crippen LogP) is 3.04. The summed E-state index contributed by atoms with van der Waals surface area (Å²) >= 11 is 8.71. The molecule has 0 atom stereocenters. The molecule has 0 aliphatic heterocycles. The number of pyridine rings is 1. The van der Waals surface area contributed by atoms with Gasteiger partial charge in [-0.15, -0.1) is 10.2 Å². The molecule has 1 N–H and O–H groups in total. The Hall–Kier alpha value is -1.38. The number of carbonyl (C=O) groups is 1. The number of nitrogens with zero attached hydrogens (tertiary/aromatic N) is 4. The zero-order chi connectivity index (χ0) is 15.2. The van der Waals surface area contributed by atoms with Gasteiger partial charge in [-0.3, -0.25) is 4.90 Å². The van der Waals surface area contributed by atoms with Crippen molar-refractivity contribution in [3.8, 4) is 0 Å². The van der Waals surface area contributed by atoms with Crippen molar-refractivity contribution in [2.75, 3.05) is 18.5 Å². The SMILES string of the molecule is CCNC(=O)N(C)c1nnc(SCc2cccc(Cl)n2)s1. The van der Waals surface area contributed by atoms with Gasteiger partial charge in [0.2, 0.25) is 5.13 Å². The first-order valence-electron chi connectivity index (χ1n) is 6.19. The summed E-state index contributed by atoms with van der Waals surface area (Å²) in [4.78, 5) is 17.3. The molecule has 6 nitrogen and oxygen atoms in total. The number of amides is 2. The average molecular weight is 344 g/mol. The second kappa shape index (κ2) is 7.58. The molecule has 0 saturated heterocycles. The van der Waals surface area contributed by atoms with E-state index >= 15 is 0 Å². The molecule has 0 aliphatic carbocycles. The number of anilines is 1. The van der Waals surface area contributed by atoms with E-state index in [2.05, 4.69) is 20.5 Å². The van der Waals surface area contributed by atoms with Crippen LogP contribution >= 0.6 is 34.7 Å². The molecule has 0 fully saturated rings. The van der Waals surface area contributed by atoms with Crippen LogP contribution in [0.25, 0.3) is 0 Å². The summed E-state index contributed by atoms with van der Waals surface area (Å²) in [5, 5.41) is 11.8. The van der Waals surface area contributed by atoms with Crippen molar-refractivity contribution in [1.82, 2.24) is 20.5 Å². The number of hydrogen-bond acceptors (Lipinski definition) is 6. The molecule has 2 aromatic rings. The molecule has 9 heteroatoms. The summed E-state index contributed by atoms with van der Waals surface area (Å²) in [6.07, 6.45) is 0. The number of thioether (sulfide) groups is 1. The van der Waals surface area contributed by atoms with Gasteiger partial charge >= 0.3 is 6.03 Å². The second-order valence-corrected chi connectivity index (χ2v) is 6.55. The lowest BCUT2D eigenvalue weighted by Gasteiger charge is -2.12. The standard InChI is InChI=1S/C12H14ClN5OS2/c1-3-14-10(19)18(2)11-16-17-12(21-11)20-7-8-5-4-6-9(13)15-8/h4-6H,3,7H2,1-2H3,(H,14,19). The van der Waals surface area contributed by atoms with Crippen LogP contribution in [0.15, 0.2) is 22.5 Å². The Balaban J connectivity index is 1.95. The fourth-order valence-corrected chi connectivity index (χ4v) is 3.31. The van der Waals surface area contributed by atoms with Crippen LogP contribution in [0.4, 0.5) is 9.93 Å². The van der Waals surface area contributed by atoms with Crippen LogP contribution in [-0.4, -0.2) is 34.8 Å². The normalized spacial score (nSPS) is 10.4. The quantitative estimate of drug-likeness (QED) is 0.513. The van der Waals surface area contributed by atoms with Gasteiger partial charge in [0.05, 0.1) is 5.69 Å². The van der Waals surface area contributed by atoms with Crippen molar-refractivity contribution in [3.63, 3.8) is 0 Å². The van der Waals surface area contributed by atoms with E-state index in [4.69, 9.17) is 11.6 Å². The Morgan fingerprint density at radius 2 is 2.29 bits per heavy atom. The van der Waals surface area contributed by atoms with Crippen molar-refractivity contribution in [2.24, 2.45) is 0 Å². The number of halogens is 1. The Morgan fingerprint density at radius 3 is 3.00 bits per heavy atom. The predicted molar refractivity (Wildman–Crippen MR) is 86.2 cm³/mol. The third kappa shape index (κ3) is 4.55. The van der Waals surface area contributed by atoms with Gasteiger partial charge in [-0.2, -0.15) is 0 Å². The fourth-order valence-electron chi connectivity index (χ4n) is 1.42. The maximum atomic E-state index is 11.7. The van der Waals surface area contributed by atoms with Crippen LogP contribution in [0.1, 0.15) is 12.6 Å². The topological polar surface area (TPSA) is 71.0 Å². The van der Waals surface area contributed by atoms with Crippen LogP contribution in [0, 0.1) is 0 Å². The van der Waals surface area contributed by atoms with E-state index in [0.717, 1.165) is 10.0 Å². The smallest absolute Gasteiger partial charge is 0.323 e. The highest BCUT2D eigenvalue weighted by atomic mass is 35.5. The minimum Gasteiger partial charge on any atom is -0.338 e. The Morgan fingerprint density at radius 1 is 1.48 bits per heavy atom. The van der Waals surface area contributed by atoms with E-state index in [1.165, 1.54) is 28.0 Å². The molecule has 0 aliphatic rings. The van der Waals surface area contributed by atoms with Crippen LogP contribution in [0.5, 0.6) is 0 Å². The van der Waals surface area contributed by atoms with Crippen LogP contribution in [0.3, 0.4) is 0 Å². The lowest BCUT2D eigenvalue weighted by molar-refractivity contribution is 0.248. The highest BCUT2D eigenvalue weighted by Crippen LogP contribution is 2.29. The molecular formula is C12H14ClN5OS2. The molecule has 2 aromatic heterocycles. The van der Waals surface area contributed by atoms with Gasteiger partial charge in [-0.05, 0) is 19.1 Å². The Bertz CT molecular complexity index is 621. The third-order valence-electron chi connectivity index (χ3n) is 2.43. The number of nitrogens with one attached hydrogen (secondary N) is 1. The van der Waals surface area contributed by atoms with Crippen molar-refractivity contribution < 1.29 is 4.79 Å². The van der Waals surface area contributed by atoms with Crippen molar-refractivity contribution in [3.05, 3.63) is 29.0 Å². The number of carbonyl (C=O) groups excluding carboxylic acids is 1. The third-order valence-corrected chi connectivity index (χ3v) is 4.81. The van der Waals surface area contributed by atoms with Gasteiger partial charge in [0, 0.05) is 19.3 Å². The molecule has 0 aromatic carbocycles. The first-order chi connectivity index (χ1) is 10.1. The number of urea groups is 1. The highest BCUT2D eigenvalue weighted by molar-refractivity contribution is 8.00. The average Bonchev–Trinajstić information content (AvgIpc) is 2.93. The van der Waals surface area contributed by atoms with E-state index in [-0.39, 0.29) is 6.03 Å². The summed E-state index contributed by atoms with van der Waals surface area (Å²) in [6, 6.07) is 5.31. The molecule has 2 heterocycles. The summed E-state index contributed by atoms with van der Waals surface area (Å²) < 4.78 is 0.780. The van der Waals surface area contributed by atoms with Crippen molar-refractivity contribution in [1.29, 1.82) is 0 Å². The Labute approximate surface area is 135 Å². The van der Waals surface area contributed by atoms with E-state index in [9.17, 15) is 4.79 Å². The maximum Gasteiger partial charge on any atom is 0.323 e. The molecular weight excluding hydrogens is 330 g/mol. The number of hydrogen-bond donors (Lipinski definition) is 1. The zero-order valence-corrected chi connectivity index (χ0v) is 13.9. The first kappa shape index (κ1) is 16.0. The molecule has 2 amide bonds. The summed E-state index contributed by atoms with van der Waals surface area (Å²) in [5.41, 5.74) is 0.876. The lowest BCUT2D eigenvalue weighted by atomic mass is 10.4. The molecule has 2 rings (SSSR count). The van der Waals surface area contributed by atoms with Crippen LogP contribution in [-0.2, 0) is 5.75 Å². The minimum atomic E-state index is -0.193. The molecule has 0 radical (unpaired) electrons. The monoisotopic (exact) mass is 343 g/mol. The van der Waals surface area contributed by atoms with Gasteiger partial charge < -0.3 is 5.32 Å². The number of aromatic nitrogens is 3. The molecule has 112 valence electrons. The van der Waals surface area contributed by atoms with Gasteiger partial charge in [-0.25, -0.2) is 9.78 Å². The molecule has 0 saturated carbocycles. The minimum absolute atomic E-state index is 0.193. The summed E-state index contributed by atoms with van der Waals surface area (Å²) in [6.45, 7) is 2.44. The largest absolute Gasteiger partial charge is 0.338 e. The first-order valence-corrected chi connectivity index (χ1v) is 8.37. The second-order valence-electron chi connectivity index (χ2n) is 3.99. The summed E-state index contributed by atoms with van der Waals surface area (Å²) in [5.74, 6) is 0.653. The zero-order valence-electron chi connectivity index (χ0n) is 11.5. The van der Waals surface area contributed by atoms with Crippen LogP contribution in [0.2, 0.25) is 5.15 Å². The van der Waals surface area contributed by atoms with Gasteiger partial charge in [0.1, 0.15) is 5.15 Å². The summed E-state index contributed by atoms with van der Waals surface area (Å²) in [7, 11) is 1.67. The van der Waals surface area contributed by atoms with Crippen molar-refractivity contribution >= 4 is 45.9 Å². The van der Waals surface area contributed by atoms with E-state index in [1.54, 1.807) is 13.1 Å². The lowest BCUT2D eigenvalue weighted by Crippen LogP contribution is -2.36. The van der Waals surface area contributed by atoms with Crippen LogP contribution < -0.4 is 10.2 Å². The fraction of sp³-hybridized carbons (Fsp3) is 0.333. The molecule has 0 spiro atoms. The number of rotatable bonds is 5. The Kier molecular flexibility index (Phi) is 5.77. The molecule has 0 bridgehead atoms. The van der Waals surface area contributed by atoms with E-state index in [0.29, 0.717) is 22.6 Å². The van der Waals surface area contributed by atoms with Crippen molar-refractivity contribution in [2.45, 2.75) is 17.0 Å². The van der Waals surface area contributed by atoms with Gasteiger partial charge in [0.25, 0.3) is 0 Å². The van der Waals surface area contributed by atoms with E-state index in [1.807, 2.05) is 19.1 Å². The maximum absolute atomic E-state index is 11.7. The van der Waals surface area contributed by atoms with Gasteiger partial charge in [0.15, 0.2) is 4.34 Å². The van der Waals surface area contributed by atoms with E-state index < -0.39 is 0 Å². The highest BCUT2D eigenvalue weighted by Gasteiger charge is 2.15.